The second-order valence-corrected chi connectivity index (χ2v) is 9.99. The van der Waals surface area contributed by atoms with Crippen LogP contribution in [0.15, 0.2) is 24.3 Å². The number of nitrogens with zero attached hydrogens (tertiary/aromatic N) is 3. The molecule has 0 bridgehead atoms. The Hall–Kier alpha value is -1.46. The minimum Gasteiger partial charge on any atom is -0.341 e. The van der Waals surface area contributed by atoms with Gasteiger partial charge in [-0.05, 0) is 63.1 Å². The minimum atomic E-state index is 0.344. The Morgan fingerprint density at radius 3 is 2.79 bits per heavy atom. The number of benzene rings is 1. The van der Waals surface area contributed by atoms with Gasteiger partial charge >= 0.3 is 0 Å². The van der Waals surface area contributed by atoms with Gasteiger partial charge in [0.05, 0.1) is 21.8 Å². The molecule has 0 unspecified atom stereocenters. The highest BCUT2D eigenvalue weighted by Gasteiger charge is 2.35. The van der Waals surface area contributed by atoms with Gasteiger partial charge in [0.2, 0.25) is 5.91 Å². The summed E-state index contributed by atoms with van der Waals surface area (Å²) < 4.78 is 1.26. The first-order valence-corrected chi connectivity index (χ1v) is 12.0. The second kappa shape index (κ2) is 8.11. The topological polar surface area (TPSA) is 36.4 Å². The molecule has 5 heteroatoms. The summed E-state index contributed by atoms with van der Waals surface area (Å²) in [6, 6.07) is 9.05. The Bertz CT molecular complexity index is 799. The summed E-state index contributed by atoms with van der Waals surface area (Å²) in [7, 11) is 0. The lowest BCUT2D eigenvalue weighted by Gasteiger charge is -2.44. The maximum Gasteiger partial charge on any atom is 0.236 e. The zero-order valence-corrected chi connectivity index (χ0v) is 17.5. The zero-order valence-electron chi connectivity index (χ0n) is 16.7. The molecule has 2 aliphatic heterocycles. The van der Waals surface area contributed by atoms with Crippen molar-refractivity contribution in [2.75, 3.05) is 26.2 Å². The molecule has 2 saturated heterocycles. The van der Waals surface area contributed by atoms with Crippen LogP contribution in [0.3, 0.4) is 0 Å². The number of aromatic nitrogens is 1. The van der Waals surface area contributed by atoms with Crippen molar-refractivity contribution >= 4 is 27.5 Å². The molecule has 1 aromatic carbocycles. The lowest BCUT2D eigenvalue weighted by Crippen LogP contribution is -2.52. The highest BCUT2D eigenvalue weighted by atomic mass is 32.1. The highest BCUT2D eigenvalue weighted by Crippen LogP contribution is 2.36. The van der Waals surface area contributed by atoms with E-state index in [2.05, 4.69) is 34.1 Å². The number of thiazole rings is 1. The highest BCUT2D eigenvalue weighted by molar-refractivity contribution is 7.18. The van der Waals surface area contributed by atoms with E-state index in [4.69, 9.17) is 4.98 Å². The molecule has 3 atom stereocenters. The number of rotatable bonds is 3. The lowest BCUT2D eigenvalue weighted by atomic mass is 9.78. The Morgan fingerprint density at radius 2 is 1.86 bits per heavy atom. The summed E-state index contributed by atoms with van der Waals surface area (Å²) in [4.78, 5) is 22.7. The first-order chi connectivity index (χ1) is 13.8. The fraction of sp³-hybridized carbons (Fsp3) is 0.652. The Kier molecular flexibility index (Phi) is 5.38. The van der Waals surface area contributed by atoms with Crippen molar-refractivity contribution in [2.24, 2.45) is 5.92 Å². The van der Waals surface area contributed by atoms with Crippen LogP contribution >= 0.6 is 11.3 Å². The Balaban J connectivity index is 1.25. The molecule has 5 rings (SSSR count). The van der Waals surface area contributed by atoms with Gasteiger partial charge < -0.3 is 4.90 Å². The summed E-state index contributed by atoms with van der Waals surface area (Å²) in [5.74, 6) is 1.59. The molecular formula is C23H31N3OS. The smallest absolute Gasteiger partial charge is 0.236 e. The van der Waals surface area contributed by atoms with Crippen LogP contribution in [-0.4, -0.2) is 52.9 Å². The van der Waals surface area contributed by atoms with Gasteiger partial charge in [0, 0.05) is 25.0 Å². The Morgan fingerprint density at radius 1 is 1.04 bits per heavy atom. The lowest BCUT2D eigenvalue weighted by molar-refractivity contribution is -0.135. The third-order valence-corrected chi connectivity index (χ3v) is 8.33. The normalized spacial score (nSPS) is 29.0. The van der Waals surface area contributed by atoms with Gasteiger partial charge in [-0.15, -0.1) is 11.3 Å². The zero-order chi connectivity index (χ0) is 18.9. The van der Waals surface area contributed by atoms with E-state index in [0.717, 1.165) is 43.9 Å². The quantitative estimate of drug-likeness (QED) is 0.756. The molecule has 2 aromatic rings. The van der Waals surface area contributed by atoms with Gasteiger partial charge in [0.1, 0.15) is 0 Å². The predicted molar refractivity (Wildman–Crippen MR) is 115 cm³/mol. The van der Waals surface area contributed by atoms with Gasteiger partial charge in [0.15, 0.2) is 0 Å². The molecule has 1 aromatic heterocycles. The average Bonchev–Trinajstić information content (AvgIpc) is 3.18. The van der Waals surface area contributed by atoms with Crippen molar-refractivity contribution in [3.8, 4) is 0 Å². The molecule has 1 amide bonds. The van der Waals surface area contributed by atoms with Crippen LogP contribution in [0.2, 0.25) is 0 Å². The van der Waals surface area contributed by atoms with E-state index in [-0.39, 0.29) is 0 Å². The Labute approximate surface area is 171 Å². The summed E-state index contributed by atoms with van der Waals surface area (Å²) in [5, 5.41) is 1.21. The fourth-order valence-corrected chi connectivity index (χ4v) is 6.76. The number of hydrogen-bond acceptors (Lipinski definition) is 4. The average molecular weight is 398 g/mol. The van der Waals surface area contributed by atoms with Crippen LogP contribution in [-0.2, 0) is 4.79 Å². The molecule has 1 saturated carbocycles. The first kappa shape index (κ1) is 18.6. The van der Waals surface area contributed by atoms with Crippen molar-refractivity contribution in [1.82, 2.24) is 14.8 Å². The number of piperidine rings is 2. The van der Waals surface area contributed by atoms with E-state index in [1.54, 1.807) is 0 Å². The number of para-hydroxylation sites is 1. The van der Waals surface area contributed by atoms with Gasteiger partial charge in [-0.2, -0.15) is 0 Å². The van der Waals surface area contributed by atoms with Gasteiger partial charge in [-0.1, -0.05) is 25.0 Å². The number of carbonyl (C=O) groups is 1. The molecule has 0 spiro atoms. The molecule has 150 valence electrons. The summed E-state index contributed by atoms with van der Waals surface area (Å²) in [6.07, 6.45) is 10.3. The van der Waals surface area contributed by atoms with Gasteiger partial charge in [-0.25, -0.2) is 4.98 Å². The van der Waals surface area contributed by atoms with Crippen LogP contribution in [0.5, 0.6) is 0 Å². The van der Waals surface area contributed by atoms with E-state index >= 15 is 0 Å². The van der Waals surface area contributed by atoms with Crippen molar-refractivity contribution in [3.63, 3.8) is 0 Å². The molecule has 4 nitrogen and oxygen atoms in total. The molecule has 0 radical (unpaired) electrons. The summed E-state index contributed by atoms with van der Waals surface area (Å²) >= 11 is 1.81. The van der Waals surface area contributed by atoms with Gasteiger partial charge in [0.25, 0.3) is 0 Å². The molecular weight excluding hydrogens is 366 g/mol. The third-order valence-electron chi connectivity index (χ3n) is 7.13. The SMILES string of the molecule is O=C(CN1CCC[C@@H]2CCCC[C@H]21)N1CCC[C@H](c2nc3ccccc3s2)C1. The standard InChI is InChI=1S/C23H31N3OS/c27-22(16-25-13-5-8-17-7-1-3-11-20(17)25)26-14-6-9-18(15-26)23-24-19-10-2-4-12-21(19)28-23/h2,4,10,12,17-18,20H,1,3,5-9,11,13-16H2/t17-,18-,20+/m0/s1. The van der Waals surface area contributed by atoms with Crippen molar-refractivity contribution in [3.05, 3.63) is 29.3 Å². The molecule has 3 aliphatic rings. The molecule has 0 N–H and O–H groups in total. The largest absolute Gasteiger partial charge is 0.341 e. The molecule has 3 heterocycles. The summed E-state index contributed by atoms with van der Waals surface area (Å²) in [5.41, 5.74) is 1.10. The second-order valence-electron chi connectivity index (χ2n) is 8.92. The monoisotopic (exact) mass is 397 g/mol. The molecule has 1 aliphatic carbocycles. The van der Waals surface area contributed by atoms with E-state index in [9.17, 15) is 4.79 Å². The van der Waals surface area contributed by atoms with Crippen molar-refractivity contribution < 1.29 is 4.79 Å². The number of carbonyl (C=O) groups excluding carboxylic acids is 1. The van der Waals surface area contributed by atoms with Crippen LogP contribution in [0.4, 0.5) is 0 Å². The fourth-order valence-electron chi connectivity index (χ4n) is 5.67. The van der Waals surface area contributed by atoms with Gasteiger partial charge in [-0.3, -0.25) is 9.69 Å². The van der Waals surface area contributed by atoms with Crippen molar-refractivity contribution in [2.45, 2.75) is 63.3 Å². The maximum absolute atomic E-state index is 13.2. The van der Waals surface area contributed by atoms with E-state index in [0.29, 0.717) is 24.4 Å². The van der Waals surface area contributed by atoms with Crippen LogP contribution in [0.25, 0.3) is 10.2 Å². The minimum absolute atomic E-state index is 0.344. The third kappa shape index (κ3) is 3.71. The van der Waals surface area contributed by atoms with Crippen LogP contribution in [0.1, 0.15) is 62.3 Å². The number of hydrogen-bond donors (Lipinski definition) is 0. The number of likely N-dealkylation sites (tertiary alicyclic amines) is 2. The van der Waals surface area contributed by atoms with Crippen molar-refractivity contribution in [1.29, 1.82) is 0 Å². The predicted octanol–water partition coefficient (Wildman–Crippen LogP) is 4.66. The number of fused-ring (bicyclic) bond motifs is 2. The van der Waals surface area contributed by atoms with E-state index in [1.165, 1.54) is 48.2 Å². The van der Waals surface area contributed by atoms with Crippen LogP contribution < -0.4 is 0 Å². The maximum atomic E-state index is 13.2. The van der Waals surface area contributed by atoms with E-state index in [1.807, 2.05) is 11.3 Å². The van der Waals surface area contributed by atoms with E-state index < -0.39 is 0 Å². The molecule has 28 heavy (non-hydrogen) atoms. The summed E-state index contributed by atoms with van der Waals surface area (Å²) in [6.45, 7) is 3.51. The van der Waals surface area contributed by atoms with Crippen LogP contribution in [0, 0.1) is 5.92 Å². The first-order valence-electron chi connectivity index (χ1n) is 11.2. The number of amides is 1. The molecule has 3 fully saturated rings.